The highest BCUT2D eigenvalue weighted by Crippen LogP contribution is 2.17. The van der Waals surface area contributed by atoms with E-state index >= 15 is 0 Å². The van der Waals surface area contributed by atoms with E-state index in [0.29, 0.717) is 19.4 Å². The summed E-state index contributed by atoms with van der Waals surface area (Å²) in [5, 5.41) is 23.2. The van der Waals surface area contributed by atoms with E-state index in [0.717, 1.165) is 51.4 Å². The fourth-order valence-electron chi connectivity index (χ4n) is 10.4. The number of carbonyl (C=O) groups is 2. The molecule has 0 heterocycles. The van der Waals surface area contributed by atoms with E-state index in [1.54, 1.807) is 6.08 Å². The number of allylic oxidation sites excluding steroid dienone is 7. The molecule has 6 heteroatoms. The first-order chi connectivity index (χ1) is 37.5. The predicted molar refractivity (Wildman–Crippen MR) is 333 cm³/mol. The second-order valence-corrected chi connectivity index (χ2v) is 23.1. The van der Waals surface area contributed by atoms with Crippen molar-refractivity contribution in [3.05, 3.63) is 48.6 Å². The Balaban J connectivity index is 3.44. The van der Waals surface area contributed by atoms with E-state index in [1.807, 2.05) is 6.08 Å². The molecule has 0 radical (unpaired) electrons. The minimum Gasteiger partial charge on any atom is -0.466 e. The second-order valence-electron chi connectivity index (χ2n) is 23.1. The molecule has 446 valence electrons. The molecule has 0 aromatic heterocycles. The largest absolute Gasteiger partial charge is 0.466 e. The standard InChI is InChI=1S/C70H131NO5/c1-3-5-7-9-11-13-15-17-19-34-38-42-46-50-54-58-62-68(73)67(66-72)71-69(74)63-59-55-51-47-43-39-35-32-30-28-26-24-22-21-23-25-27-29-31-33-37-41-45-49-53-57-61-65-76-70(75)64-60-56-52-48-44-40-36-20-18-16-14-12-10-8-6-4-2/h20-22,25,27,36,58,62,67-68,72-73H,3-19,23-24,26,28-35,37-57,59-61,63-66H2,1-2H3,(H,71,74)/b22-21-,27-25-,36-20-,62-58+. The van der Waals surface area contributed by atoms with Crippen molar-refractivity contribution in [2.75, 3.05) is 13.2 Å². The van der Waals surface area contributed by atoms with Gasteiger partial charge in [0.25, 0.3) is 0 Å². The van der Waals surface area contributed by atoms with Crippen molar-refractivity contribution < 1.29 is 24.5 Å². The molecule has 0 aliphatic heterocycles. The van der Waals surface area contributed by atoms with Crippen LogP contribution in [0.4, 0.5) is 0 Å². The molecular formula is C70H131NO5. The summed E-state index contributed by atoms with van der Waals surface area (Å²) in [5.74, 6) is -0.0668. The zero-order chi connectivity index (χ0) is 55.0. The average Bonchev–Trinajstić information content (AvgIpc) is 3.42. The fourth-order valence-corrected chi connectivity index (χ4v) is 10.4. The first kappa shape index (κ1) is 73.8. The highest BCUT2D eigenvalue weighted by atomic mass is 16.5. The number of aliphatic hydroxyl groups excluding tert-OH is 2. The normalized spacial score (nSPS) is 12.8. The Labute approximate surface area is 474 Å². The Morgan fingerprint density at radius 1 is 0.368 bits per heavy atom. The summed E-state index contributed by atoms with van der Waals surface area (Å²) < 4.78 is 5.49. The SMILES string of the molecule is CCCCCCCCC/C=C\CCCCCCCC(=O)OCCCCCCCCCCC/C=C\C/C=C\CCCCCCCCCCCCCC(=O)NC(CO)C(O)/C=C/CCCCCCCCCCCCCCCC. The molecule has 0 aromatic carbocycles. The maximum atomic E-state index is 12.5. The van der Waals surface area contributed by atoms with Crippen molar-refractivity contribution in [2.45, 2.75) is 373 Å². The van der Waals surface area contributed by atoms with E-state index in [4.69, 9.17) is 4.74 Å². The van der Waals surface area contributed by atoms with E-state index in [1.165, 1.54) is 283 Å². The van der Waals surface area contributed by atoms with Gasteiger partial charge in [0.05, 0.1) is 25.4 Å². The van der Waals surface area contributed by atoms with Crippen molar-refractivity contribution in [3.8, 4) is 0 Å². The van der Waals surface area contributed by atoms with Crippen LogP contribution in [0.15, 0.2) is 48.6 Å². The number of nitrogens with one attached hydrogen (secondary N) is 1. The molecular weight excluding hydrogens is 935 g/mol. The fraction of sp³-hybridized carbons (Fsp3) is 0.857. The van der Waals surface area contributed by atoms with Gasteiger partial charge in [0.15, 0.2) is 0 Å². The number of rotatable bonds is 63. The van der Waals surface area contributed by atoms with Crippen LogP contribution in [0.5, 0.6) is 0 Å². The molecule has 1 amide bonds. The van der Waals surface area contributed by atoms with Gasteiger partial charge in [-0.05, 0) is 89.9 Å². The molecule has 0 saturated heterocycles. The third-order valence-corrected chi connectivity index (χ3v) is 15.6. The number of hydrogen-bond donors (Lipinski definition) is 3. The first-order valence-electron chi connectivity index (χ1n) is 33.9. The summed E-state index contributed by atoms with van der Waals surface area (Å²) in [4.78, 5) is 24.6. The van der Waals surface area contributed by atoms with Gasteiger partial charge in [0, 0.05) is 12.8 Å². The van der Waals surface area contributed by atoms with Crippen molar-refractivity contribution in [1.29, 1.82) is 0 Å². The molecule has 3 N–H and O–H groups in total. The molecule has 0 rings (SSSR count). The summed E-state index contributed by atoms with van der Waals surface area (Å²) in [6.07, 6.45) is 84.6. The number of aliphatic hydroxyl groups is 2. The topological polar surface area (TPSA) is 95.9 Å². The molecule has 6 nitrogen and oxygen atoms in total. The molecule has 0 spiro atoms. The quantitative estimate of drug-likeness (QED) is 0.0320. The van der Waals surface area contributed by atoms with Crippen LogP contribution < -0.4 is 5.32 Å². The highest BCUT2D eigenvalue weighted by molar-refractivity contribution is 5.76. The summed E-state index contributed by atoms with van der Waals surface area (Å²) >= 11 is 0. The van der Waals surface area contributed by atoms with E-state index in [2.05, 4.69) is 55.6 Å². The lowest BCUT2D eigenvalue weighted by Crippen LogP contribution is -2.45. The van der Waals surface area contributed by atoms with Crippen molar-refractivity contribution >= 4 is 11.9 Å². The Bertz CT molecular complexity index is 1270. The van der Waals surface area contributed by atoms with Crippen LogP contribution >= 0.6 is 0 Å². The summed E-state index contributed by atoms with van der Waals surface area (Å²) in [5.41, 5.74) is 0. The number of hydrogen-bond acceptors (Lipinski definition) is 5. The third-order valence-electron chi connectivity index (χ3n) is 15.6. The van der Waals surface area contributed by atoms with Gasteiger partial charge in [0.2, 0.25) is 5.91 Å². The maximum absolute atomic E-state index is 12.5. The van der Waals surface area contributed by atoms with Gasteiger partial charge in [-0.3, -0.25) is 9.59 Å². The molecule has 0 bridgehead atoms. The summed E-state index contributed by atoms with van der Waals surface area (Å²) in [7, 11) is 0. The van der Waals surface area contributed by atoms with Gasteiger partial charge in [-0.2, -0.15) is 0 Å². The van der Waals surface area contributed by atoms with Crippen LogP contribution in [-0.4, -0.2) is 47.4 Å². The smallest absolute Gasteiger partial charge is 0.305 e. The van der Waals surface area contributed by atoms with E-state index in [-0.39, 0.29) is 18.5 Å². The minimum absolute atomic E-state index is 0.00287. The Morgan fingerprint density at radius 2 is 0.658 bits per heavy atom. The maximum Gasteiger partial charge on any atom is 0.305 e. The minimum atomic E-state index is -0.847. The van der Waals surface area contributed by atoms with Crippen LogP contribution in [0.1, 0.15) is 361 Å². The number of amides is 1. The van der Waals surface area contributed by atoms with Crippen LogP contribution in [-0.2, 0) is 14.3 Å². The number of unbranched alkanes of at least 4 members (excludes halogenated alkanes) is 46. The van der Waals surface area contributed by atoms with Gasteiger partial charge in [-0.15, -0.1) is 0 Å². The predicted octanol–water partition coefficient (Wildman–Crippen LogP) is 21.7. The molecule has 0 aliphatic carbocycles. The van der Waals surface area contributed by atoms with Gasteiger partial charge in [-0.1, -0.05) is 306 Å². The van der Waals surface area contributed by atoms with Crippen LogP contribution in [0.3, 0.4) is 0 Å². The number of carbonyl (C=O) groups excluding carboxylic acids is 2. The highest BCUT2D eigenvalue weighted by Gasteiger charge is 2.18. The van der Waals surface area contributed by atoms with Crippen LogP contribution in [0.25, 0.3) is 0 Å². The van der Waals surface area contributed by atoms with Gasteiger partial charge in [-0.25, -0.2) is 0 Å². The molecule has 0 aliphatic rings. The lowest BCUT2D eigenvalue weighted by Gasteiger charge is -2.20. The van der Waals surface area contributed by atoms with Crippen molar-refractivity contribution in [1.82, 2.24) is 5.32 Å². The van der Waals surface area contributed by atoms with Crippen LogP contribution in [0, 0.1) is 0 Å². The van der Waals surface area contributed by atoms with Crippen LogP contribution in [0.2, 0.25) is 0 Å². The first-order valence-corrected chi connectivity index (χ1v) is 33.9. The second kappa shape index (κ2) is 65.3. The zero-order valence-corrected chi connectivity index (χ0v) is 51.0. The molecule has 2 unspecified atom stereocenters. The summed E-state index contributed by atoms with van der Waals surface area (Å²) in [6, 6.07) is -0.631. The third kappa shape index (κ3) is 61.0. The monoisotopic (exact) mass is 1070 g/mol. The zero-order valence-electron chi connectivity index (χ0n) is 51.0. The lowest BCUT2D eigenvalue weighted by atomic mass is 10.0. The molecule has 0 fully saturated rings. The summed E-state index contributed by atoms with van der Waals surface area (Å²) in [6.45, 7) is 4.91. The van der Waals surface area contributed by atoms with Crippen molar-refractivity contribution in [3.63, 3.8) is 0 Å². The Kier molecular flexibility index (Phi) is 63.5. The van der Waals surface area contributed by atoms with Crippen molar-refractivity contribution in [2.24, 2.45) is 0 Å². The Hall–Kier alpha value is -2.18. The molecule has 76 heavy (non-hydrogen) atoms. The van der Waals surface area contributed by atoms with Gasteiger partial charge >= 0.3 is 5.97 Å². The lowest BCUT2D eigenvalue weighted by molar-refractivity contribution is -0.143. The molecule has 0 aromatic rings. The number of esters is 1. The van der Waals surface area contributed by atoms with E-state index in [9.17, 15) is 19.8 Å². The van der Waals surface area contributed by atoms with E-state index < -0.39 is 12.1 Å². The number of ether oxygens (including phenoxy) is 1. The van der Waals surface area contributed by atoms with Gasteiger partial charge in [0.1, 0.15) is 0 Å². The van der Waals surface area contributed by atoms with Gasteiger partial charge < -0.3 is 20.3 Å². The molecule has 0 saturated carbocycles. The molecule has 2 atom stereocenters. The average molecular weight is 1070 g/mol. The Morgan fingerprint density at radius 3 is 1.01 bits per heavy atom.